The molecule has 6 nitrogen and oxygen atoms in total. The fraction of sp³-hybridized carbons (Fsp3) is 0.812. The van der Waals surface area contributed by atoms with Crippen LogP contribution in [0.1, 0.15) is 342 Å². The highest BCUT2D eigenvalue weighted by Gasteiger charge is 2.19. The van der Waals surface area contributed by atoms with Crippen molar-refractivity contribution in [2.24, 2.45) is 0 Å². The first kappa shape index (κ1) is 72.1. The largest absolute Gasteiger partial charge is 0.462 e. The summed E-state index contributed by atoms with van der Waals surface area (Å²) in [6.07, 6.45) is 81.2. The zero-order valence-electron chi connectivity index (χ0n) is 50.1. The lowest BCUT2D eigenvalue weighted by Gasteiger charge is -2.18. The van der Waals surface area contributed by atoms with Crippen molar-refractivity contribution < 1.29 is 28.6 Å². The second-order valence-corrected chi connectivity index (χ2v) is 22.0. The summed E-state index contributed by atoms with van der Waals surface area (Å²) in [7, 11) is 0. The van der Waals surface area contributed by atoms with Crippen LogP contribution >= 0.6 is 0 Å². The van der Waals surface area contributed by atoms with Gasteiger partial charge in [-0.05, 0) is 64.2 Å². The van der Waals surface area contributed by atoms with Crippen LogP contribution in [-0.2, 0) is 28.6 Å². The van der Waals surface area contributed by atoms with Crippen LogP contribution in [0.3, 0.4) is 0 Å². The number of rotatable bonds is 60. The molecule has 1 atom stereocenters. The van der Waals surface area contributed by atoms with Gasteiger partial charge in [0.2, 0.25) is 0 Å². The van der Waals surface area contributed by atoms with E-state index in [1.165, 1.54) is 205 Å². The zero-order chi connectivity index (χ0) is 54.3. The van der Waals surface area contributed by atoms with Crippen molar-refractivity contribution in [1.82, 2.24) is 0 Å². The fourth-order valence-corrected chi connectivity index (χ4v) is 9.65. The van der Waals surface area contributed by atoms with E-state index in [0.29, 0.717) is 19.3 Å². The SMILES string of the molecule is CC/C=C\C/C=C\C/C=C\C/C=C\C/C=C\CCCCCCCCCCCC(=O)OCC(COC(=O)CCCCCCCCC)OC(=O)CCCCCCCCCCCCCCCCCCCCCCCCCCC. The Morgan fingerprint density at radius 3 is 0.813 bits per heavy atom. The van der Waals surface area contributed by atoms with Crippen molar-refractivity contribution in [2.75, 3.05) is 13.2 Å². The van der Waals surface area contributed by atoms with Crippen LogP contribution in [0.2, 0.25) is 0 Å². The molecule has 6 heteroatoms. The number of hydrogen-bond donors (Lipinski definition) is 0. The Bertz CT molecular complexity index is 1340. The van der Waals surface area contributed by atoms with Gasteiger partial charge in [-0.15, -0.1) is 0 Å². The second-order valence-electron chi connectivity index (χ2n) is 22.0. The van der Waals surface area contributed by atoms with Crippen LogP contribution in [0.5, 0.6) is 0 Å². The summed E-state index contributed by atoms with van der Waals surface area (Å²) in [4.78, 5) is 38.1. The molecule has 0 amide bonds. The van der Waals surface area contributed by atoms with E-state index in [-0.39, 0.29) is 31.1 Å². The van der Waals surface area contributed by atoms with E-state index < -0.39 is 6.10 Å². The van der Waals surface area contributed by atoms with Crippen molar-refractivity contribution in [3.05, 3.63) is 60.8 Å². The van der Waals surface area contributed by atoms with Crippen molar-refractivity contribution in [2.45, 2.75) is 348 Å². The number of carbonyl (C=O) groups excluding carboxylic acids is 3. The van der Waals surface area contributed by atoms with Crippen LogP contribution < -0.4 is 0 Å². The summed E-state index contributed by atoms with van der Waals surface area (Å²) in [5, 5.41) is 0. The van der Waals surface area contributed by atoms with E-state index in [1.807, 2.05) is 0 Å². The molecule has 0 saturated heterocycles. The smallest absolute Gasteiger partial charge is 0.306 e. The van der Waals surface area contributed by atoms with Gasteiger partial charge in [-0.1, -0.05) is 319 Å². The Kier molecular flexibility index (Phi) is 61.2. The molecule has 75 heavy (non-hydrogen) atoms. The molecule has 0 bridgehead atoms. The van der Waals surface area contributed by atoms with E-state index >= 15 is 0 Å². The van der Waals surface area contributed by atoms with Crippen LogP contribution in [0.4, 0.5) is 0 Å². The predicted octanol–water partition coefficient (Wildman–Crippen LogP) is 22.3. The number of carbonyl (C=O) groups is 3. The third-order valence-electron chi connectivity index (χ3n) is 14.5. The minimum atomic E-state index is -0.772. The molecule has 0 aliphatic rings. The molecule has 0 aromatic carbocycles. The van der Waals surface area contributed by atoms with Gasteiger partial charge in [0.1, 0.15) is 13.2 Å². The summed E-state index contributed by atoms with van der Waals surface area (Å²) in [5.74, 6) is -0.866. The summed E-state index contributed by atoms with van der Waals surface area (Å²) in [6.45, 7) is 6.53. The van der Waals surface area contributed by atoms with E-state index in [2.05, 4.69) is 81.5 Å². The molecule has 0 aliphatic heterocycles. The first-order chi connectivity index (χ1) is 37.0. The maximum atomic E-state index is 12.9. The fourth-order valence-electron chi connectivity index (χ4n) is 9.65. The van der Waals surface area contributed by atoms with Crippen LogP contribution in [0, 0.1) is 0 Å². The lowest BCUT2D eigenvalue weighted by Crippen LogP contribution is -2.30. The van der Waals surface area contributed by atoms with Crippen LogP contribution in [-0.4, -0.2) is 37.2 Å². The molecule has 0 heterocycles. The highest BCUT2D eigenvalue weighted by molar-refractivity contribution is 5.71. The van der Waals surface area contributed by atoms with E-state index in [4.69, 9.17) is 14.2 Å². The Morgan fingerprint density at radius 2 is 0.520 bits per heavy atom. The summed E-state index contributed by atoms with van der Waals surface area (Å²) >= 11 is 0. The molecule has 0 rings (SSSR count). The van der Waals surface area contributed by atoms with E-state index in [1.54, 1.807) is 0 Å². The number of allylic oxidation sites excluding steroid dienone is 10. The molecule has 1 unspecified atom stereocenters. The predicted molar refractivity (Wildman–Crippen MR) is 325 cm³/mol. The molecule has 436 valence electrons. The molecule has 0 aliphatic carbocycles. The van der Waals surface area contributed by atoms with Crippen LogP contribution in [0.15, 0.2) is 60.8 Å². The first-order valence-corrected chi connectivity index (χ1v) is 32.8. The number of ether oxygens (including phenoxy) is 3. The van der Waals surface area contributed by atoms with Gasteiger partial charge in [0.15, 0.2) is 6.10 Å². The summed E-state index contributed by atoms with van der Waals surface area (Å²) in [6, 6.07) is 0. The quantitative estimate of drug-likeness (QED) is 0.0261. The maximum Gasteiger partial charge on any atom is 0.306 e. The van der Waals surface area contributed by atoms with Gasteiger partial charge in [-0.25, -0.2) is 0 Å². The molecule has 0 spiro atoms. The summed E-state index contributed by atoms with van der Waals surface area (Å²) < 4.78 is 16.9. The van der Waals surface area contributed by atoms with Gasteiger partial charge in [0.05, 0.1) is 0 Å². The monoisotopic (exact) mass is 1050 g/mol. The highest BCUT2D eigenvalue weighted by Crippen LogP contribution is 2.18. The normalized spacial score (nSPS) is 12.4. The van der Waals surface area contributed by atoms with Crippen molar-refractivity contribution >= 4 is 17.9 Å². The third kappa shape index (κ3) is 61.8. The van der Waals surface area contributed by atoms with Crippen LogP contribution in [0.25, 0.3) is 0 Å². The average molecular weight is 1050 g/mol. The maximum absolute atomic E-state index is 12.9. The minimum absolute atomic E-state index is 0.0722. The Hall–Kier alpha value is -2.89. The van der Waals surface area contributed by atoms with Gasteiger partial charge in [-0.2, -0.15) is 0 Å². The highest BCUT2D eigenvalue weighted by atomic mass is 16.6. The van der Waals surface area contributed by atoms with E-state index in [9.17, 15) is 14.4 Å². The van der Waals surface area contributed by atoms with Gasteiger partial charge >= 0.3 is 17.9 Å². The van der Waals surface area contributed by atoms with Gasteiger partial charge < -0.3 is 14.2 Å². The van der Waals surface area contributed by atoms with Crippen molar-refractivity contribution in [3.63, 3.8) is 0 Å². The zero-order valence-corrected chi connectivity index (χ0v) is 50.1. The third-order valence-corrected chi connectivity index (χ3v) is 14.5. The molecular formula is C69H124O6. The number of unbranched alkanes of at least 4 members (excludes halogenated alkanes) is 39. The van der Waals surface area contributed by atoms with Crippen molar-refractivity contribution in [1.29, 1.82) is 0 Å². The standard InChI is InChI=1S/C69H124O6/c1-4-7-10-13-16-18-20-22-24-26-28-30-32-34-36-38-40-42-44-46-48-50-53-56-59-62-68(71)74-65-66(64-73-67(70)61-58-55-52-15-12-9-6-3)75-69(72)63-60-57-54-51-49-47-45-43-41-39-37-35-33-31-29-27-25-23-21-19-17-14-11-8-5-2/h7,10,16,18,22,24,28,30,34,36,66H,4-6,8-9,11-15,17,19-21,23,25-27,29,31-33,35,37-65H2,1-3H3/b10-7-,18-16-,24-22-,30-28-,36-34-. The lowest BCUT2D eigenvalue weighted by molar-refractivity contribution is -0.167. The molecule has 0 radical (unpaired) electrons. The molecule has 0 fully saturated rings. The van der Waals surface area contributed by atoms with Crippen molar-refractivity contribution in [3.8, 4) is 0 Å². The topological polar surface area (TPSA) is 78.9 Å². The average Bonchev–Trinajstić information content (AvgIpc) is 3.41. The Labute approximate surface area is 466 Å². The minimum Gasteiger partial charge on any atom is -0.462 e. The Balaban J connectivity index is 4.10. The molecule has 0 N–H and O–H groups in total. The molecule has 0 aromatic rings. The second kappa shape index (κ2) is 63.6. The lowest BCUT2D eigenvalue weighted by atomic mass is 10.0. The van der Waals surface area contributed by atoms with E-state index in [0.717, 1.165) is 96.3 Å². The van der Waals surface area contributed by atoms with Gasteiger partial charge in [0, 0.05) is 19.3 Å². The first-order valence-electron chi connectivity index (χ1n) is 32.8. The Morgan fingerprint density at radius 1 is 0.280 bits per heavy atom. The van der Waals surface area contributed by atoms with Gasteiger partial charge in [-0.3, -0.25) is 14.4 Å². The number of hydrogen-bond acceptors (Lipinski definition) is 6. The summed E-state index contributed by atoms with van der Waals surface area (Å²) in [5.41, 5.74) is 0. The number of esters is 3. The molecule has 0 aromatic heterocycles. The van der Waals surface area contributed by atoms with Gasteiger partial charge in [0.25, 0.3) is 0 Å². The molecular weight excluding hydrogens is 925 g/mol. The molecule has 0 saturated carbocycles.